The Morgan fingerprint density at radius 1 is 1.23 bits per heavy atom. The number of phosphoric acid groups is 2. The fourth-order valence-electron chi connectivity index (χ4n) is 2.25. The predicted molar refractivity (Wildman–Crippen MR) is 91.2 cm³/mol. The molecule has 1 aliphatic heterocycles. The molecule has 2 unspecified atom stereocenters. The third-order valence-corrected chi connectivity index (χ3v) is 6.40. The number of carbonyl (C=O) groups is 1. The molecule has 0 aromatic carbocycles. The van der Waals surface area contributed by atoms with E-state index in [9.17, 15) is 43.5 Å². The van der Waals surface area contributed by atoms with Gasteiger partial charge in [0.05, 0.1) is 12.5 Å². The van der Waals surface area contributed by atoms with Gasteiger partial charge in [-0.15, -0.1) is 11.6 Å². The van der Waals surface area contributed by atoms with Crippen LogP contribution in [0.25, 0.3) is 0 Å². The van der Waals surface area contributed by atoms with Crippen LogP contribution in [0.3, 0.4) is 0 Å². The molecule has 1 aromatic heterocycles. The molecule has 2 rings (SSSR count). The molecule has 0 spiro atoms. The van der Waals surface area contributed by atoms with Gasteiger partial charge in [-0.3, -0.25) is 28.3 Å². The summed E-state index contributed by atoms with van der Waals surface area (Å²) in [5, 5.41) is 20.0. The molecule has 0 bridgehead atoms. The van der Waals surface area contributed by atoms with E-state index in [-0.39, 0.29) is 0 Å². The maximum atomic E-state index is 11.8. The summed E-state index contributed by atoms with van der Waals surface area (Å²) in [5.41, 5.74) is -1.71. The average Bonchev–Trinajstić information content (AvgIpc) is 2.92. The minimum atomic E-state index is -5.57. The van der Waals surface area contributed by atoms with Gasteiger partial charge in [-0.1, -0.05) is 0 Å². The van der Waals surface area contributed by atoms with Crippen molar-refractivity contribution in [1.29, 1.82) is 0 Å². The Bertz CT molecular complexity index is 979. The second kappa shape index (κ2) is 9.94. The normalized spacial score (nSPS) is 28.0. The molecular formula is C12H15ClN2O13P2-2. The molecule has 18 heteroatoms. The number of phosphoric ester groups is 2. The Morgan fingerprint density at radius 2 is 1.87 bits per heavy atom. The zero-order chi connectivity index (χ0) is 22.7. The Morgan fingerprint density at radius 3 is 2.47 bits per heavy atom. The molecule has 1 saturated heterocycles. The van der Waals surface area contributed by atoms with Crippen molar-refractivity contribution in [2.75, 3.05) is 19.1 Å². The summed E-state index contributed by atoms with van der Waals surface area (Å²) in [6.45, 7) is -2.08. The minimum Gasteiger partial charge on any atom is -0.756 e. The van der Waals surface area contributed by atoms with E-state index in [4.69, 9.17) is 16.3 Å². The summed E-state index contributed by atoms with van der Waals surface area (Å²) in [6, 6.07) is 0.939. The van der Waals surface area contributed by atoms with Crippen LogP contribution < -0.4 is 21.0 Å². The van der Waals surface area contributed by atoms with E-state index < -0.39 is 76.3 Å². The molecule has 0 saturated carbocycles. The number of rotatable bonds is 10. The molecule has 15 nitrogen and oxygen atoms in total. The number of carbonyl (C=O) groups excluding carboxylic acids is 1. The molecule has 1 fully saturated rings. The van der Waals surface area contributed by atoms with Crippen LogP contribution >= 0.6 is 27.2 Å². The van der Waals surface area contributed by atoms with Crippen LogP contribution in [0.5, 0.6) is 0 Å². The summed E-state index contributed by atoms with van der Waals surface area (Å²) < 4.78 is 41.1. The van der Waals surface area contributed by atoms with Gasteiger partial charge < -0.3 is 33.8 Å². The topological polar surface area (TPSA) is 230 Å². The van der Waals surface area contributed by atoms with Crippen molar-refractivity contribution in [3.05, 3.63) is 33.1 Å². The lowest BCUT2D eigenvalue weighted by Gasteiger charge is -2.31. The van der Waals surface area contributed by atoms with E-state index in [2.05, 4.69) is 13.4 Å². The Hall–Kier alpha value is -1.22. The molecular weight excluding hydrogens is 478 g/mol. The molecule has 2 heterocycles. The van der Waals surface area contributed by atoms with Crippen LogP contribution in [-0.2, 0) is 32.0 Å². The highest BCUT2D eigenvalue weighted by Gasteiger charge is 2.44. The molecule has 3 N–H and O–H groups in total. The number of nitrogens with one attached hydrogen (secondary N) is 1. The molecule has 0 aliphatic carbocycles. The average molecular weight is 493 g/mol. The summed E-state index contributed by atoms with van der Waals surface area (Å²) in [4.78, 5) is 58.8. The number of ketones is 1. The highest BCUT2D eigenvalue weighted by molar-refractivity contribution is 7.59. The number of aliphatic hydroxyl groups is 2. The van der Waals surface area contributed by atoms with Crippen LogP contribution in [0.2, 0.25) is 0 Å². The van der Waals surface area contributed by atoms with Crippen molar-refractivity contribution in [1.82, 2.24) is 9.55 Å². The SMILES string of the molecule is O=C(CCl)COP(=O)([O-])OP(=O)([O-])OC[C@H]1O[C@@H](n2ccc(=O)[nH]c2=O)[C@H](O)[C@@H]1O. The monoisotopic (exact) mass is 492 g/mol. The number of aromatic amines is 1. The first-order valence-electron chi connectivity index (χ1n) is 7.88. The zero-order valence-electron chi connectivity index (χ0n) is 14.7. The number of alkyl halides is 1. The van der Waals surface area contributed by atoms with Gasteiger partial charge >= 0.3 is 5.69 Å². The number of nitrogens with zero attached hydrogens (tertiary/aromatic N) is 1. The smallest absolute Gasteiger partial charge is 0.330 e. The minimum absolute atomic E-state index is 0.579. The Balaban J connectivity index is 2.00. The Labute approximate surface area is 172 Å². The van der Waals surface area contributed by atoms with Crippen molar-refractivity contribution in [3.8, 4) is 0 Å². The van der Waals surface area contributed by atoms with Crippen LogP contribution in [-0.4, -0.2) is 63.0 Å². The number of H-pyrrole nitrogens is 1. The van der Waals surface area contributed by atoms with E-state index in [1.54, 1.807) is 0 Å². The predicted octanol–water partition coefficient (Wildman–Crippen LogP) is -3.05. The maximum absolute atomic E-state index is 11.8. The van der Waals surface area contributed by atoms with Crippen molar-refractivity contribution in [3.63, 3.8) is 0 Å². The molecule has 6 atom stereocenters. The first-order valence-corrected chi connectivity index (χ1v) is 11.3. The highest BCUT2D eigenvalue weighted by Crippen LogP contribution is 2.55. The van der Waals surface area contributed by atoms with Crippen LogP contribution in [0.15, 0.2) is 21.9 Å². The van der Waals surface area contributed by atoms with Crippen molar-refractivity contribution in [2.45, 2.75) is 24.5 Å². The van der Waals surface area contributed by atoms with Gasteiger partial charge in [0.2, 0.25) is 0 Å². The van der Waals surface area contributed by atoms with Gasteiger partial charge in [-0.05, 0) is 0 Å². The van der Waals surface area contributed by atoms with E-state index in [0.29, 0.717) is 0 Å². The lowest BCUT2D eigenvalue weighted by molar-refractivity contribution is -0.245. The number of ether oxygens (including phenoxy) is 1. The first-order chi connectivity index (χ1) is 13.8. The second-order valence-corrected chi connectivity index (χ2v) is 9.01. The standard InChI is InChI=1S/C12H17ClN2O13P2/c13-3-6(16)4-25-29(21,22)28-30(23,24)26-5-7-9(18)10(19)11(27-7)15-2-1-8(17)14-12(15)20/h1-2,7,9-11,18-19H,3-5H2,(H,21,22)(H,23,24)(H,14,17,20)/p-2/t7-,9-,10-,11-/m1/s1. The summed E-state index contributed by atoms with van der Waals surface area (Å²) in [7, 11) is -11.1. The maximum Gasteiger partial charge on any atom is 0.330 e. The van der Waals surface area contributed by atoms with E-state index in [1.807, 2.05) is 4.98 Å². The van der Waals surface area contributed by atoms with Crippen LogP contribution in [0, 0.1) is 0 Å². The lowest BCUT2D eigenvalue weighted by Crippen LogP contribution is -2.37. The van der Waals surface area contributed by atoms with Crippen molar-refractivity contribution in [2.24, 2.45) is 0 Å². The molecule has 30 heavy (non-hydrogen) atoms. The van der Waals surface area contributed by atoms with Crippen molar-refractivity contribution >= 4 is 33.0 Å². The quantitative estimate of drug-likeness (QED) is 0.218. The van der Waals surface area contributed by atoms with Gasteiger partial charge in [-0.25, -0.2) is 9.11 Å². The second-order valence-electron chi connectivity index (χ2n) is 5.78. The largest absolute Gasteiger partial charge is 0.756 e. The first kappa shape index (κ1) is 25.0. The van der Waals surface area contributed by atoms with Gasteiger partial charge in [0.15, 0.2) is 12.0 Å². The fourth-order valence-corrected chi connectivity index (χ4v) is 4.31. The number of halogens is 1. The zero-order valence-corrected chi connectivity index (χ0v) is 17.2. The van der Waals surface area contributed by atoms with Crippen molar-refractivity contribution < 1.29 is 52.0 Å². The summed E-state index contributed by atoms with van der Waals surface area (Å²) in [6.07, 6.45) is -5.57. The number of aromatic nitrogens is 2. The van der Waals surface area contributed by atoms with Gasteiger partial charge in [0.1, 0.15) is 24.9 Å². The Kier molecular flexibility index (Phi) is 8.29. The number of aliphatic hydroxyl groups excluding tert-OH is 2. The lowest BCUT2D eigenvalue weighted by atomic mass is 10.1. The summed E-state index contributed by atoms with van der Waals surface area (Å²) >= 11 is 5.14. The number of hydrogen-bond donors (Lipinski definition) is 3. The van der Waals surface area contributed by atoms with Gasteiger partial charge in [0, 0.05) is 12.3 Å². The number of hydrogen-bond acceptors (Lipinski definition) is 13. The third-order valence-electron chi connectivity index (χ3n) is 3.59. The molecule has 170 valence electrons. The van der Waals surface area contributed by atoms with Crippen LogP contribution in [0.4, 0.5) is 0 Å². The molecule has 1 aromatic rings. The van der Waals surface area contributed by atoms with Gasteiger partial charge in [0.25, 0.3) is 21.2 Å². The highest BCUT2D eigenvalue weighted by atomic mass is 35.5. The van der Waals surface area contributed by atoms with E-state index >= 15 is 0 Å². The van der Waals surface area contributed by atoms with Crippen LogP contribution in [0.1, 0.15) is 6.23 Å². The molecule has 0 amide bonds. The third kappa shape index (κ3) is 6.64. The van der Waals surface area contributed by atoms with E-state index in [0.717, 1.165) is 16.8 Å². The molecule has 0 radical (unpaired) electrons. The number of Topliss-reactive ketones (excluding diaryl/α,β-unsaturated/α-hetero) is 1. The van der Waals surface area contributed by atoms with E-state index in [1.165, 1.54) is 0 Å². The fraction of sp³-hybridized carbons (Fsp3) is 0.583. The summed E-state index contributed by atoms with van der Waals surface area (Å²) in [5.74, 6) is -1.44. The molecule has 1 aliphatic rings. The van der Waals surface area contributed by atoms with Gasteiger partial charge in [-0.2, -0.15) is 0 Å².